The van der Waals surface area contributed by atoms with E-state index in [0.717, 1.165) is 12.0 Å². The molecule has 0 aliphatic heterocycles. The van der Waals surface area contributed by atoms with Crippen molar-refractivity contribution in [3.05, 3.63) is 33.8 Å². The number of halogens is 2. The average molecular weight is 333 g/mol. The van der Waals surface area contributed by atoms with Crippen molar-refractivity contribution in [2.24, 2.45) is 11.7 Å². The first-order chi connectivity index (χ1) is 9.45. The summed E-state index contributed by atoms with van der Waals surface area (Å²) in [4.78, 5) is 12.2. The van der Waals surface area contributed by atoms with Crippen molar-refractivity contribution in [2.45, 2.75) is 26.2 Å². The molecule has 1 aromatic rings. The monoisotopic (exact) mass is 332 g/mol. The first-order valence-corrected chi connectivity index (χ1v) is 7.63. The summed E-state index contributed by atoms with van der Waals surface area (Å²) in [5.74, 6) is -0.514. The molecule has 0 heterocycles. The lowest BCUT2D eigenvalue weighted by Gasteiger charge is -2.14. The van der Waals surface area contributed by atoms with Gasteiger partial charge in [0.25, 0.3) is 0 Å². The number of carbonyl (C=O) groups is 1. The molecule has 0 bridgehead atoms. The van der Waals surface area contributed by atoms with Gasteiger partial charge in [0.1, 0.15) is 0 Å². The average Bonchev–Trinajstić information content (AvgIpc) is 2.38. The van der Waals surface area contributed by atoms with Crippen LogP contribution in [0.1, 0.15) is 25.3 Å². The van der Waals surface area contributed by atoms with Gasteiger partial charge in [-0.05, 0) is 30.5 Å². The van der Waals surface area contributed by atoms with Crippen LogP contribution in [-0.2, 0) is 11.2 Å². The van der Waals surface area contributed by atoms with Crippen molar-refractivity contribution >= 4 is 46.3 Å². The molecule has 20 heavy (non-hydrogen) atoms. The van der Waals surface area contributed by atoms with Gasteiger partial charge in [-0.2, -0.15) is 0 Å². The Hall–Kier alpha value is -0.840. The summed E-state index contributed by atoms with van der Waals surface area (Å²) in [6, 6.07) is 5.32. The van der Waals surface area contributed by atoms with E-state index in [0.29, 0.717) is 29.4 Å². The summed E-state index contributed by atoms with van der Waals surface area (Å²) in [5, 5.41) is 4.04. The molecule has 0 aliphatic carbocycles. The van der Waals surface area contributed by atoms with Crippen LogP contribution in [0.15, 0.2) is 18.2 Å². The summed E-state index contributed by atoms with van der Waals surface area (Å²) in [6.07, 6.45) is 2.17. The van der Waals surface area contributed by atoms with Gasteiger partial charge in [-0.1, -0.05) is 54.8 Å². The van der Waals surface area contributed by atoms with E-state index >= 15 is 0 Å². The number of amides is 1. The second-order valence-electron chi connectivity index (χ2n) is 4.52. The number of carbonyl (C=O) groups excluding carboxylic acids is 1. The third kappa shape index (κ3) is 5.27. The van der Waals surface area contributed by atoms with Gasteiger partial charge < -0.3 is 11.1 Å². The van der Waals surface area contributed by atoms with Crippen LogP contribution in [-0.4, -0.2) is 17.4 Å². The highest BCUT2D eigenvalue weighted by Crippen LogP contribution is 2.21. The molecule has 0 aliphatic rings. The Morgan fingerprint density at radius 2 is 2.15 bits per heavy atom. The fourth-order valence-corrected chi connectivity index (χ4v) is 2.59. The first-order valence-electron chi connectivity index (χ1n) is 6.46. The molecule has 3 N–H and O–H groups in total. The molecule has 0 fully saturated rings. The van der Waals surface area contributed by atoms with E-state index in [-0.39, 0.29) is 10.9 Å². The molecular weight excluding hydrogens is 315 g/mol. The number of thiocarbonyl (C=S) groups is 1. The van der Waals surface area contributed by atoms with Gasteiger partial charge in [0.15, 0.2) is 0 Å². The standard InChI is InChI=1S/C14H18Cl2N2OS/c1-2-3-11(13(17)20)14(19)18-7-6-9-4-5-10(15)8-12(9)16/h4-5,8,11H,2-3,6-7H2,1H3,(H2,17,20)(H,18,19). The van der Waals surface area contributed by atoms with Gasteiger partial charge in [-0.15, -0.1) is 0 Å². The van der Waals surface area contributed by atoms with E-state index in [1.54, 1.807) is 12.1 Å². The molecule has 0 radical (unpaired) electrons. The molecule has 1 amide bonds. The van der Waals surface area contributed by atoms with Crippen LogP contribution in [0.2, 0.25) is 10.0 Å². The minimum absolute atomic E-state index is 0.121. The Morgan fingerprint density at radius 3 is 2.70 bits per heavy atom. The molecule has 6 heteroatoms. The highest BCUT2D eigenvalue weighted by molar-refractivity contribution is 7.80. The van der Waals surface area contributed by atoms with Crippen molar-refractivity contribution in [3.8, 4) is 0 Å². The van der Waals surface area contributed by atoms with Crippen LogP contribution < -0.4 is 11.1 Å². The molecule has 1 unspecified atom stereocenters. The fraction of sp³-hybridized carbons (Fsp3) is 0.429. The summed E-state index contributed by atoms with van der Waals surface area (Å²) in [7, 11) is 0. The normalized spacial score (nSPS) is 11.9. The summed E-state index contributed by atoms with van der Waals surface area (Å²) >= 11 is 16.8. The second kappa shape index (κ2) is 8.45. The Morgan fingerprint density at radius 1 is 1.45 bits per heavy atom. The Balaban J connectivity index is 2.50. The number of hydrogen-bond donors (Lipinski definition) is 2. The predicted octanol–water partition coefficient (Wildman–Crippen LogP) is 3.35. The van der Waals surface area contributed by atoms with Crippen LogP contribution in [0.25, 0.3) is 0 Å². The molecular formula is C14H18Cl2N2OS. The molecule has 0 saturated carbocycles. The number of rotatable bonds is 7. The van der Waals surface area contributed by atoms with Gasteiger partial charge >= 0.3 is 0 Å². The molecule has 110 valence electrons. The van der Waals surface area contributed by atoms with Gasteiger partial charge in [0.05, 0.1) is 10.9 Å². The number of nitrogens with one attached hydrogen (secondary N) is 1. The molecule has 1 rings (SSSR count). The maximum atomic E-state index is 12.0. The Labute approximate surface area is 134 Å². The van der Waals surface area contributed by atoms with Crippen molar-refractivity contribution in [1.29, 1.82) is 0 Å². The Bertz CT molecular complexity index is 494. The molecule has 3 nitrogen and oxygen atoms in total. The first kappa shape index (κ1) is 17.2. The Kier molecular flexibility index (Phi) is 7.27. The lowest BCUT2D eigenvalue weighted by molar-refractivity contribution is -0.123. The number of benzene rings is 1. The molecule has 0 aromatic heterocycles. The molecule has 0 saturated heterocycles. The SMILES string of the molecule is CCCC(C(=O)NCCc1ccc(Cl)cc1Cl)C(N)=S. The topological polar surface area (TPSA) is 55.1 Å². The smallest absolute Gasteiger partial charge is 0.229 e. The van der Waals surface area contributed by atoms with Gasteiger partial charge in [0, 0.05) is 16.6 Å². The van der Waals surface area contributed by atoms with E-state index in [2.05, 4.69) is 5.32 Å². The zero-order valence-corrected chi connectivity index (χ0v) is 13.6. The summed E-state index contributed by atoms with van der Waals surface area (Å²) < 4.78 is 0. The van der Waals surface area contributed by atoms with Crippen molar-refractivity contribution in [3.63, 3.8) is 0 Å². The van der Waals surface area contributed by atoms with Gasteiger partial charge in [-0.25, -0.2) is 0 Å². The van der Waals surface area contributed by atoms with Crippen LogP contribution >= 0.6 is 35.4 Å². The highest BCUT2D eigenvalue weighted by Gasteiger charge is 2.19. The van der Waals surface area contributed by atoms with Crippen molar-refractivity contribution in [1.82, 2.24) is 5.32 Å². The third-order valence-electron chi connectivity index (χ3n) is 2.95. The van der Waals surface area contributed by atoms with Crippen molar-refractivity contribution < 1.29 is 4.79 Å². The van der Waals surface area contributed by atoms with Gasteiger partial charge in [0.2, 0.25) is 5.91 Å². The van der Waals surface area contributed by atoms with E-state index in [1.807, 2.05) is 13.0 Å². The van der Waals surface area contributed by atoms with Gasteiger partial charge in [-0.3, -0.25) is 4.79 Å². The minimum atomic E-state index is -0.393. The zero-order valence-electron chi connectivity index (χ0n) is 11.3. The molecule has 1 aromatic carbocycles. The van der Waals surface area contributed by atoms with Crippen LogP contribution in [0, 0.1) is 5.92 Å². The zero-order chi connectivity index (χ0) is 15.1. The molecule has 1 atom stereocenters. The summed E-state index contributed by atoms with van der Waals surface area (Å²) in [5.41, 5.74) is 6.53. The number of nitrogens with two attached hydrogens (primary N) is 1. The van der Waals surface area contributed by atoms with E-state index in [1.165, 1.54) is 0 Å². The van der Waals surface area contributed by atoms with E-state index < -0.39 is 5.92 Å². The second-order valence-corrected chi connectivity index (χ2v) is 5.84. The number of hydrogen-bond acceptors (Lipinski definition) is 2. The lowest BCUT2D eigenvalue weighted by atomic mass is 10.0. The fourth-order valence-electron chi connectivity index (χ4n) is 1.86. The van der Waals surface area contributed by atoms with E-state index in [4.69, 9.17) is 41.2 Å². The van der Waals surface area contributed by atoms with Crippen LogP contribution in [0.3, 0.4) is 0 Å². The largest absolute Gasteiger partial charge is 0.393 e. The third-order valence-corrected chi connectivity index (χ3v) is 3.82. The van der Waals surface area contributed by atoms with Crippen LogP contribution in [0.5, 0.6) is 0 Å². The van der Waals surface area contributed by atoms with Crippen molar-refractivity contribution in [2.75, 3.05) is 6.54 Å². The molecule has 0 spiro atoms. The quantitative estimate of drug-likeness (QED) is 0.753. The highest BCUT2D eigenvalue weighted by atomic mass is 35.5. The maximum absolute atomic E-state index is 12.0. The predicted molar refractivity (Wildman–Crippen MR) is 88.4 cm³/mol. The lowest BCUT2D eigenvalue weighted by Crippen LogP contribution is -2.38. The maximum Gasteiger partial charge on any atom is 0.229 e. The van der Waals surface area contributed by atoms with E-state index in [9.17, 15) is 4.79 Å². The van der Waals surface area contributed by atoms with Crippen LogP contribution in [0.4, 0.5) is 0 Å². The summed E-state index contributed by atoms with van der Waals surface area (Å²) in [6.45, 7) is 2.48. The minimum Gasteiger partial charge on any atom is -0.393 e.